The minimum Gasteiger partial charge on any atom is -0.439 e. The molecule has 0 aliphatic heterocycles. The first kappa shape index (κ1) is 23.3. The van der Waals surface area contributed by atoms with E-state index in [-0.39, 0.29) is 16.8 Å². The number of pyridine rings is 2. The molecule has 0 unspecified atom stereocenters. The fourth-order valence-corrected chi connectivity index (χ4v) is 2.51. The Hall–Kier alpha value is -3.34. The summed E-state index contributed by atoms with van der Waals surface area (Å²) in [6.07, 6.45) is -7.84. The molecule has 168 valence electrons. The van der Waals surface area contributed by atoms with Crippen molar-refractivity contribution in [2.75, 3.05) is 0 Å². The molecular weight excluding hydrogens is 464 g/mol. The lowest BCUT2D eigenvalue weighted by Crippen LogP contribution is -2.06. The summed E-state index contributed by atoms with van der Waals surface area (Å²) in [5.41, 5.74) is -0.994. The fraction of sp³-hybridized carbons (Fsp3) is 0.150. The highest BCUT2D eigenvalue weighted by Gasteiger charge is 2.32. The van der Waals surface area contributed by atoms with Crippen molar-refractivity contribution in [2.45, 2.75) is 19.3 Å². The molecule has 0 radical (unpaired) electrons. The molecule has 5 nitrogen and oxygen atoms in total. The highest BCUT2D eigenvalue weighted by Crippen LogP contribution is 2.33. The van der Waals surface area contributed by atoms with E-state index in [9.17, 15) is 26.3 Å². The standard InChI is InChI=1S/C20H12ClF6N3O2/c1-11(30-32-18-16(21)8-14(10-29-18)20(25,26)27)12-2-5-15(6-3-12)31-17-7-4-13(9-28-17)19(22,23)24/h2-10H,1H3. The van der Waals surface area contributed by atoms with Crippen molar-refractivity contribution >= 4 is 17.3 Å². The first-order chi connectivity index (χ1) is 14.9. The lowest BCUT2D eigenvalue weighted by atomic mass is 10.1. The number of ether oxygens (including phenoxy) is 1. The highest BCUT2D eigenvalue weighted by atomic mass is 35.5. The first-order valence-electron chi connectivity index (χ1n) is 8.69. The van der Waals surface area contributed by atoms with E-state index in [1.807, 2.05) is 0 Å². The topological polar surface area (TPSA) is 56.6 Å². The van der Waals surface area contributed by atoms with E-state index in [0.717, 1.165) is 12.1 Å². The molecule has 0 spiro atoms. The summed E-state index contributed by atoms with van der Waals surface area (Å²) in [7, 11) is 0. The highest BCUT2D eigenvalue weighted by molar-refractivity contribution is 6.31. The van der Waals surface area contributed by atoms with Crippen LogP contribution in [-0.4, -0.2) is 15.7 Å². The smallest absolute Gasteiger partial charge is 0.417 e. The summed E-state index contributed by atoms with van der Waals surface area (Å²) in [6.45, 7) is 1.57. The number of hydrogen-bond acceptors (Lipinski definition) is 5. The Morgan fingerprint density at radius 1 is 0.875 bits per heavy atom. The van der Waals surface area contributed by atoms with Crippen LogP contribution >= 0.6 is 11.6 Å². The molecule has 0 N–H and O–H groups in total. The lowest BCUT2D eigenvalue weighted by Gasteiger charge is -2.09. The molecule has 0 aliphatic rings. The van der Waals surface area contributed by atoms with E-state index in [1.165, 1.54) is 12.1 Å². The van der Waals surface area contributed by atoms with Gasteiger partial charge >= 0.3 is 12.4 Å². The molecule has 0 saturated heterocycles. The van der Waals surface area contributed by atoms with E-state index in [1.54, 1.807) is 19.1 Å². The summed E-state index contributed by atoms with van der Waals surface area (Å²) in [6, 6.07) is 8.85. The second-order valence-corrected chi connectivity index (χ2v) is 6.69. The Morgan fingerprint density at radius 2 is 1.50 bits per heavy atom. The molecule has 3 rings (SSSR count). The molecule has 1 aromatic carbocycles. The van der Waals surface area contributed by atoms with Crippen LogP contribution in [0, 0.1) is 0 Å². The Kier molecular flexibility index (Phi) is 6.58. The van der Waals surface area contributed by atoms with Gasteiger partial charge in [0.05, 0.1) is 16.8 Å². The number of nitrogens with zero attached hydrogens (tertiary/aromatic N) is 3. The van der Waals surface area contributed by atoms with Crippen molar-refractivity contribution < 1.29 is 35.9 Å². The third kappa shape index (κ3) is 5.88. The molecule has 0 atom stereocenters. The van der Waals surface area contributed by atoms with Gasteiger partial charge in [-0.2, -0.15) is 26.3 Å². The maximum atomic E-state index is 12.6. The molecule has 2 heterocycles. The number of benzene rings is 1. The largest absolute Gasteiger partial charge is 0.439 e. The van der Waals surface area contributed by atoms with Gasteiger partial charge in [-0.25, -0.2) is 9.97 Å². The summed E-state index contributed by atoms with van der Waals surface area (Å²) in [4.78, 5) is 12.2. The van der Waals surface area contributed by atoms with Gasteiger partial charge in [-0.05, 0) is 48.9 Å². The van der Waals surface area contributed by atoms with Crippen LogP contribution in [0.1, 0.15) is 23.6 Å². The molecule has 32 heavy (non-hydrogen) atoms. The zero-order valence-electron chi connectivity index (χ0n) is 16.0. The predicted molar refractivity (Wildman–Crippen MR) is 103 cm³/mol. The number of halogens is 7. The van der Waals surface area contributed by atoms with Crippen LogP contribution in [0.25, 0.3) is 0 Å². The maximum Gasteiger partial charge on any atom is 0.417 e. The Morgan fingerprint density at radius 3 is 2.03 bits per heavy atom. The number of hydrogen-bond donors (Lipinski definition) is 0. The van der Waals surface area contributed by atoms with Gasteiger partial charge < -0.3 is 9.57 Å². The molecule has 0 fully saturated rings. The van der Waals surface area contributed by atoms with Gasteiger partial charge in [0.25, 0.3) is 5.88 Å². The average Bonchev–Trinajstić information content (AvgIpc) is 2.72. The first-order valence-corrected chi connectivity index (χ1v) is 9.07. The molecule has 0 aliphatic carbocycles. The fourth-order valence-electron chi connectivity index (χ4n) is 2.31. The van der Waals surface area contributed by atoms with Gasteiger partial charge in [-0.3, -0.25) is 0 Å². The van der Waals surface area contributed by atoms with Crippen LogP contribution in [0.15, 0.2) is 60.0 Å². The van der Waals surface area contributed by atoms with Gasteiger partial charge in [0, 0.05) is 18.5 Å². The summed E-state index contributed by atoms with van der Waals surface area (Å²) >= 11 is 5.76. The summed E-state index contributed by atoms with van der Waals surface area (Å²) in [5.74, 6) is -0.0166. The number of rotatable bonds is 5. The third-order valence-electron chi connectivity index (χ3n) is 3.96. The van der Waals surface area contributed by atoms with Crippen LogP contribution in [0.4, 0.5) is 26.3 Å². The van der Waals surface area contributed by atoms with E-state index in [4.69, 9.17) is 21.2 Å². The average molecular weight is 476 g/mol. The normalized spacial score (nSPS) is 12.6. The van der Waals surface area contributed by atoms with Crippen LogP contribution in [0.3, 0.4) is 0 Å². The zero-order valence-corrected chi connectivity index (χ0v) is 16.8. The minimum atomic E-state index is -4.59. The Bertz CT molecular complexity index is 1110. The van der Waals surface area contributed by atoms with Gasteiger partial charge in [0.2, 0.25) is 5.88 Å². The van der Waals surface area contributed by atoms with Crippen molar-refractivity contribution in [3.63, 3.8) is 0 Å². The van der Waals surface area contributed by atoms with Crippen molar-refractivity contribution in [3.05, 3.63) is 76.6 Å². The molecule has 2 aromatic heterocycles. The molecule has 0 bridgehead atoms. The molecular formula is C20H12ClF6N3O2. The number of aromatic nitrogens is 2. The lowest BCUT2D eigenvalue weighted by molar-refractivity contribution is -0.138. The van der Waals surface area contributed by atoms with Crippen molar-refractivity contribution in [1.82, 2.24) is 9.97 Å². The van der Waals surface area contributed by atoms with E-state index in [0.29, 0.717) is 35.5 Å². The van der Waals surface area contributed by atoms with E-state index in [2.05, 4.69) is 15.1 Å². The van der Waals surface area contributed by atoms with Crippen molar-refractivity contribution in [2.24, 2.45) is 5.16 Å². The van der Waals surface area contributed by atoms with E-state index >= 15 is 0 Å². The molecule has 3 aromatic rings. The van der Waals surface area contributed by atoms with Crippen LogP contribution < -0.4 is 9.57 Å². The van der Waals surface area contributed by atoms with Crippen LogP contribution in [0.2, 0.25) is 5.02 Å². The quantitative estimate of drug-likeness (QED) is 0.232. The molecule has 0 amide bonds. The monoisotopic (exact) mass is 475 g/mol. The van der Waals surface area contributed by atoms with Crippen LogP contribution in [-0.2, 0) is 12.4 Å². The predicted octanol–water partition coefficient (Wildman–Crippen LogP) is 6.76. The van der Waals surface area contributed by atoms with Crippen molar-refractivity contribution in [1.29, 1.82) is 0 Å². The minimum absolute atomic E-state index is 0.0255. The summed E-state index contributed by atoms with van der Waals surface area (Å²) in [5, 5.41) is 3.44. The number of alkyl halides is 6. The Labute approximate surface area is 182 Å². The van der Waals surface area contributed by atoms with Gasteiger partial charge in [-0.15, -0.1) is 0 Å². The second-order valence-electron chi connectivity index (χ2n) is 6.29. The zero-order chi connectivity index (χ0) is 23.5. The van der Waals surface area contributed by atoms with Crippen LogP contribution in [0.5, 0.6) is 17.5 Å². The maximum absolute atomic E-state index is 12.6. The molecule has 0 saturated carbocycles. The van der Waals surface area contributed by atoms with Gasteiger partial charge in [-0.1, -0.05) is 16.8 Å². The summed E-state index contributed by atoms with van der Waals surface area (Å²) < 4.78 is 81.0. The van der Waals surface area contributed by atoms with E-state index < -0.39 is 23.5 Å². The SMILES string of the molecule is CC(=NOc1ncc(C(F)(F)F)cc1Cl)c1ccc(Oc2ccc(C(F)(F)F)cn2)cc1. The van der Waals surface area contributed by atoms with Gasteiger partial charge in [0.1, 0.15) is 10.8 Å². The second kappa shape index (κ2) is 9.03. The molecule has 12 heteroatoms. The third-order valence-corrected chi connectivity index (χ3v) is 4.23. The van der Waals surface area contributed by atoms with Gasteiger partial charge in [0.15, 0.2) is 0 Å². The number of oxime groups is 1. The Balaban J connectivity index is 1.66. The van der Waals surface area contributed by atoms with Crippen molar-refractivity contribution in [3.8, 4) is 17.5 Å².